The number of carbonyl (C=O) groups is 2. The van der Waals surface area contributed by atoms with Crippen molar-refractivity contribution in [2.24, 2.45) is 5.14 Å². The molecule has 3 aromatic rings. The molecule has 0 radical (unpaired) electrons. The van der Waals surface area contributed by atoms with Gasteiger partial charge in [-0.1, -0.05) is 6.07 Å². The number of rotatable bonds is 5. The van der Waals surface area contributed by atoms with Crippen molar-refractivity contribution in [1.29, 1.82) is 0 Å². The fourth-order valence-electron chi connectivity index (χ4n) is 2.49. The van der Waals surface area contributed by atoms with E-state index in [0.717, 1.165) is 0 Å². The first-order chi connectivity index (χ1) is 13.2. The van der Waals surface area contributed by atoms with Gasteiger partial charge in [0.25, 0.3) is 11.8 Å². The number of anilines is 2. The Morgan fingerprint density at radius 3 is 2.18 bits per heavy atom. The molecule has 0 atom stereocenters. The zero-order valence-electron chi connectivity index (χ0n) is 14.8. The number of hydrogen-bond donors (Lipinski definition) is 3. The molecular formula is C19H17N3O5S. The lowest BCUT2D eigenvalue weighted by molar-refractivity contribution is 0.0995. The summed E-state index contributed by atoms with van der Waals surface area (Å²) >= 11 is 0. The summed E-state index contributed by atoms with van der Waals surface area (Å²) in [6.07, 6.45) is 1.40. The first-order valence-corrected chi connectivity index (χ1v) is 9.68. The molecule has 2 aromatic carbocycles. The van der Waals surface area contributed by atoms with Crippen molar-refractivity contribution in [1.82, 2.24) is 0 Å². The van der Waals surface area contributed by atoms with E-state index in [1.807, 2.05) is 0 Å². The maximum Gasteiger partial charge on any atom is 0.291 e. The van der Waals surface area contributed by atoms with Crippen LogP contribution in [-0.2, 0) is 10.0 Å². The average Bonchev–Trinajstić information content (AvgIpc) is 3.18. The van der Waals surface area contributed by atoms with Gasteiger partial charge in [-0.05, 0) is 61.0 Å². The maximum absolute atomic E-state index is 12.4. The van der Waals surface area contributed by atoms with Crippen molar-refractivity contribution in [3.63, 3.8) is 0 Å². The van der Waals surface area contributed by atoms with Crippen molar-refractivity contribution >= 4 is 33.2 Å². The van der Waals surface area contributed by atoms with Crippen LogP contribution in [0.15, 0.2) is 70.2 Å². The van der Waals surface area contributed by atoms with Gasteiger partial charge in [0.2, 0.25) is 10.0 Å². The van der Waals surface area contributed by atoms with Gasteiger partial charge in [0.1, 0.15) is 0 Å². The third-order valence-electron chi connectivity index (χ3n) is 3.90. The van der Waals surface area contributed by atoms with Gasteiger partial charge in [-0.3, -0.25) is 9.59 Å². The third kappa shape index (κ3) is 4.45. The minimum absolute atomic E-state index is 0.0544. The zero-order chi connectivity index (χ0) is 20.3. The summed E-state index contributed by atoms with van der Waals surface area (Å²) in [4.78, 5) is 24.3. The van der Waals surface area contributed by atoms with E-state index in [0.29, 0.717) is 22.5 Å². The van der Waals surface area contributed by atoms with Crippen LogP contribution in [-0.4, -0.2) is 20.2 Å². The largest absolute Gasteiger partial charge is 0.459 e. The van der Waals surface area contributed by atoms with Crippen LogP contribution in [0.1, 0.15) is 26.5 Å². The molecule has 8 nitrogen and oxygen atoms in total. The SMILES string of the molecule is Cc1ccc(NC(=O)c2ccc(NC(=O)c3ccco3)cc2)cc1S(N)(=O)=O. The van der Waals surface area contributed by atoms with Crippen molar-refractivity contribution < 1.29 is 22.4 Å². The predicted molar refractivity (Wildman–Crippen MR) is 104 cm³/mol. The lowest BCUT2D eigenvalue weighted by Gasteiger charge is -2.09. The molecule has 0 saturated carbocycles. The second-order valence-corrected chi connectivity index (χ2v) is 7.52. The average molecular weight is 399 g/mol. The molecule has 4 N–H and O–H groups in total. The predicted octanol–water partition coefficient (Wildman–Crippen LogP) is 2.74. The number of carbonyl (C=O) groups excluding carboxylic acids is 2. The van der Waals surface area contributed by atoms with E-state index in [4.69, 9.17) is 9.56 Å². The third-order valence-corrected chi connectivity index (χ3v) is 4.96. The second-order valence-electron chi connectivity index (χ2n) is 5.99. The van der Waals surface area contributed by atoms with E-state index < -0.39 is 21.8 Å². The highest BCUT2D eigenvalue weighted by Crippen LogP contribution is 2.20. The molecular weight excluding hydrogens is 382 g/mol. The van der Waals surface area contributed by atoms with Crippen molar-refractivity contribution in [2.75, 3.05) is 10.6 Å². The fraction of sp³-hybridized carbons (Fsp3) is 0.0526. The molecule has 0 saturated heterocycles. The normalized spacial score (nSPS) is 11.1. The van der Waals surface area contributed by atoms with Crippen LogP contribution < -0.4 is 15.8 Å². The van der Waals surface area contributed by atoms with Gasteiger partial charge < -0.3 is 15.1 Å². The molecule has 3 rings (SSSR count). The minimum Gasteiger partial charge on any atom is -0.459 e. The summed E-state index contributed by atoms with van der Waals surface area (Å²) in [7, 11) is -3.89. The lowest BCUT2D eigenvalue weighted by atomic mass is 10.1. The summed E-state index contributed by atoms with van der Waals surface area (Å²) in [5.74, 6) is -0.669. The number of sulfonamides is 1. The Morgan fingerprint density at radius 2 is 1.57 bits per heavy atom. The van der Waals surface area contributed by atoms with Crippen molar-refractivity contribution in [2.45, 2.75) is 11.8 Å². The van der Waals surface area contributed by atoms with Crippen LogP contribution in [0.2, 0.25) is 0 Å². The Labute approximate surface area is 161 Å². The standard InChI is InChI=1S/C19H17N3O5S/c1-12-4-7-15(11-17(12)28(20,25)26)22-18(23)13-5-8-14(9-6-13)21-19(24)16-3-2-10-27-16/h2-11H,1H3,(H,21,24)(H,22,23)(H2,20,25,26). The lowest BCUT2D eigenvalue weighted by Crippen LogP contribution is -2.16. The van der Waals surface area contributed by atoms with Gasteiger partial charge in [0.05, 0.1) is 11.2 Å². The van der Waals surface area contributed by atoms with E-state index in [1.165, 1.54) is 30.5 Å². The summed E-state index contributed by atoms with van der Waals surface area (Å²) in [6, 6.07) is 13.8. The second kappa shape index (κ2) is 7.67. The molecule has 0 aliphatic carbocycles. The molecule has 2 amide bonds. The first kappa shape index (κ1) is 19.3. The number of nitrogens with two attached hydrogens (primary N) is 1. The molecule has 144 valence electrons. The smallest absolute Gasteiger partial charge is 0.291 e. The highest BCUT2D eigenvalue weighted by atomic mass is 32.2. The number of furan rings is 1. The van der Waals surface area contributed by atoms with Crippen LogP contribution in [0.3, 0.4) is 0 Å². The van der Waals surface area contributed by atoms with E-state index in [1.54, 1.807) is 37.3 Å². The Balaban J connectivity index is 1.71. The van der Waals surface area contributed by atoms with E-state index >= 15 is 0 Å². The molecule has 28 heavy (non-hydrogen) atoms. The Kier molecular flexibility index (Phi) is 5.30. The number of nitrogens with one attached hydrogen (secondary N) is 2. The molecule has 0 fully saturated rings. The van der Waals surface area contributed by atoms with Gasteiger partial charge in [-0.25, -0.2) is 13.6 Å². The van der Waals surface area contributed by atoms with E-state index in [-0.39, 0.29) is 10.7 Å². The molecule has 0 bridgehead atoms. The van der Waals surface area contributed by atoms with Crippen LogP contribution in [0.5, 0.6) is 0 Å². The van der Waals surface area contributed by atoms with E-state index in [2.05, 4.69) is 10.6 Å². The number of benzene rings is 2. The van der Waals surface area contributed by atoms with Crippen LogP contribution in [0.25, 0.3) is 0 Å². The highest BCUT2D eigenvalue weighted by molar-refractivity contribution is 7.89. The number of hydrogen-bond acceptors (Lipinski definition) is 5. The summed E-state index contributed by atoms with van der Waals surface area (Å²) in [5, 5.41) is 10.4. The van der Waals surface area contributed by atoms with Gasteiger partial charge in [-0.15, -0.1) is 0 Å². The monoisotopic (exact) mass is 399 g/mol. The summed E-state index contributed by atoms with van der Waals surface area (Å²) < 4.78 is 28.2. The van der Waals surface area contributed by atoms with Crippen molar-refractivity contribution in [3.05, 3.63) is 77.7 Å². The van der Waals surface area contributed by atoms with E-state index in [9.17, 15) is 18.0 Å². The maximum atomic E-state index is 12.4. The Morgan fingerprint density at radius 1 is 0.929 bits per heavy atom. The number of primary sulfonamides is 1. The van der Waals surface area contributed by atoms with Crippen LogP contribution in [0, 0.1) is 6.92 Å². The fourth-order valence-corrected chi connectivity index (χ4v) is 3.30. The Hall–Kier alpha value is -3.43. The first-order valence-electron chi connectivity index (χ1n) is 8.14. The van der Waals surface area contributed by atoms with Gasteiger partial charge >= 0.3 is 0 Å². The summed E-state index contributed by atoms with van der Waals surface area (Å²) in [5.41, 5.74) is 1.60. The highest BCUT2D eigenvalue weighted by Gasteiger charge is 2.14. The quantitative estimate of drug-likeness (QED) is 0.607. The topological polar surface area (TPSA) is 132 Å². The number of aryl methyl sites for hydroxylation is 1. The molecule has 9 heteroatoms. The van der Waals surface area contributed by atoms with Crippen LogP contribution in [0.4, 0.5) is 11.4 Å². The molecule has 0 unspecified atom stereocenters. The van der Waals surface area contributed by atoms with Gasteiger partial charge in [-0.2, -0.15) is 0 Å². The summed E-state index contributed by atoms with van der Waals surface area (Å²) in [6.45, 7) is 1.61. The number of amides is 2. The van der Waals surface area contributed by atoms with Crippen LogP contribution >= 0.6 is 0 Å². The zero-order valence-corrected chi connectivity index (χ0v) is 15.6. The minimum atomic E-state index is -3.89. The molecule has 0 spiro atoms. The van der Waals surface area contributed by atoms with Gasteiger partial charge in [0, 0.05) is 16.9 Å². The molecule has 1 heterocycles. The van der Waals surface area contributed by atoms with Gasteiger partial charge in [0.15, 0.2) is 5.76 Å². The van der Waals surface area contributed by atoms with Crippen molar-refractivity contribution in [3.8, 4) is 0 Å². The molecule has 1 aromatic heterocycles. The molecule has 0 aliphatic heterocycles. The molecule has 0 aliphatic rings. The Bertz CT molecular complexity index is 1120.